The van der Waals surface area contributed by atoms with Crippen molar-refractivity contribution in [1.29, 1.82) is 0 Å². The molecule has 1 aromatic carbocycles. The van der Waals surface area contributed by atoms with Crippen LogP contribution < -0.4 is 5.32 Å². The number of fused-ring (bicyclic) bond motifs is 1. The van der Waals surface area contributed by atoms with Crippen LogP contribution in [0.1, 0.15) is 21.0 Å². The third-order valence-corrected chi connectivity index (χ3v) is 5.02. The summed E-state index contributed by atoms with van der Waals surface area (Å²) in [6, 6.07) is 9.26. The first-order valence-electron chi connectivity index (χ1n) is 6.25. The summed E-state index contributed by atoms with van der Waals surface area (Å²) in [7, 11) is 0. The number of amides is 1. The first-order chi connectivity index (χ1) is 10.0. The van der Waals surface area contributed by atoms with Gasteiger partial charge in [-0.2, -0.15) is 0 Å². The Kier molecular flexibility index (Phi) is 4.06. The van der Waals surface area contributed by atoms with Gasteiger partial charge in [0.1, 0.15) is 5.58 Å². The molecule has 0 aliphatic heterocycles. The molecule has 0 saturated heterocycles. The van der Waals surface area contributed by atoms with Gasteiger partial charge in [-0.1, -0.05) is 11.6 Å². The number of carbonyl (C=O) groups is 1. The van der Waals surface area contributed by atoms with Gasteiger partial charge in [0.15, 0.2) is 5.76 Å². The highest BCUT2D eigenvalue weighted by Crippen LogP contribution is 2.28. The lowest BCUT2D eigenvalue weighted by Crippen LogP contribution is -2.22. The van der Waals surface area contributed by atoms with Crippen LogP contribution in [0.2, 0.25) is 5.02 Å². The molecule has 1 amide bonds. The molecule has 0 fully saturated rings. The largest absolute Gasteiger partial charge is 0.451 e. The van der Waals surface area contributed by atoms with Crippen LogP contribution in [0.5, 0.6) is 0 Å². The van der Waals surface area contributed by atoms with Gasteiger partial charge in [-0.15, -0.1) is 11.3 Å². The van der Waals surface area contributed by atoms with Crippen LogP contribution in [0.15, 0.2) is 38.5 Å². The second-order valence-electron chi connectivity index (χ2n) is 4.59. The van der Waals surface area contributed by atoms with E-state index in [1.165, 1.54) is 0 Å². The van der Waals surface area contributed by atoms with Crippen molar-refractivity contribution < 1.29 is 9.21 Å². The fraction of sp³-hybridized carbons (Fsp3) is 0.133. The molecule has 0 spiro atoms. The summed E-state index contributed by atoms with van der Waals surface area (Å²) in [5.41, 5.74) is 1.47. The van der Waals surface area contributed by atoms with Crippen molar-refractivity contribution in [2.45, 2.75) is 13.5 Å². The van der Waals surface area contributed by atoms with E-state index in [1.54, 1.807) is 23.5 Å². The molecular formula is C15H11BrClNO2S. The Morgan fingerprint density at radius 3 is 2.90 bits per heavy atom. The second kappa shape index (κ2) is 5.83. The summed E-state index contributed by atoms with van der Waals surface area (Å²) in [4.78, 5) is 13.3. The maximum atomic E-state index is 12.3. The molecule has 3 aromatic rings. The van der Waals surface area contributed by atoms with E-state index >= 15 is 0 Å². The van der Waals surface area contributed by atoms with E-state index in [2.05, 4.69) is 21.2 Å². The van der Waals surface area contributed by atoms with Crippen LogP contribution in [0, 0.1) is 6.92 Å². The Morgan fingerprint density at radius 1 is 1.38 bits per heavy atom. The van der Waals surface area contributed by atoms with Gasteiger partial charge in [-0.25, -0.2) is 0 Å². The first kappa shape index (κ1) is 14.6. The SMILES string of the molecule is Cc1c(C(=O)NCc2ccc(Br)s2)oc2ccc(Cl)cc12. The van der Waals surface area contributed by atoms with Crippen molar-refractivity contribution in [3.63, 3.8) is 0 Å². The quantitative estimate of drug-likeness (QED) is 0.678. The number of thiophene rings is 1. The summed E-state index contributed by atoms with van der Waals surface area (Å²) < 4.78 is 6.68. The number of aryl methyl sites for hydroxylation is 1. The van der Waals surface area contributed by atoms with Gasteiger partial charge in [0.05, 0.1) is 10.3 Å². The van der Waals surface area contributed by atoms with Crippen molar-refractivity contribution >= 4 is 55.7 Å². The van der Waals surface area contributed by atoms with Crippen LogP contribution in [0.4, 0.5) is 0 Å². The molecule has 0 atom stereocenters. The predicted octanol–water partition coefficient (Wildman–Crippen LogP) is 5.15. The molecule has 0 aliphatic carbocycles. The van der Waals surface area contributed by atoms with Gasteiger partial charge in [-0.05, 0) is 53.2 Å². The van der Waals surface area contributed by atoms with Crippen LogP contribution in [-0.2, 0) is 6.54 Å². The Bertz CT molecular complexity index is 824. The summed E-state index contributed by atoms with van der Waals surface area (Å²) in [5.74, 6) is 0.118. The van der Waals surface area contributed by atoms with E-state index in [1.807, 2.05) is 25.1 Å². The molecule has 108 valence electrons. The summed E-state index contributed by atoms with van der Waals surface area (Å²) in [6.07, 6.45) is 0. The minimum Gasteiger partial charge on any atom is -0.451 e. The zero-order valence-corrected chi connectivity index (χ0v) is 14.2. The van der Waals surface area contributed by atoms with Crippen molar-refractivity contribution in [2.24, 2.45) is 0 Å². The van der Waals surface area contributed by atoms with E-state index in [4.69, 9.17) is 16.0 Å². The number of benzene rings is 1. The first-order valence-corrected chi connectivity index (χ1v) is 8.24. The lowest BCUT2D eigenvalue weighted by Gasteiger charge is -2.01. The summed E-state index contributed by atoms with van der Waals surface area (Å²) >= 11 is 11.0. The Labute approximate surface area is 139 Å². The van der Waals surface area contributed by atoms with Crippen LogP contribution >= 0.6 is 38.9 Å². The molecule has 0 radical (unpaired) electrons. The van der Waals surface area contributed by atoms with Gasteiger partial charge >= 0.3 is 0 Å². The monoisotopic (exact) mass is 383 g/mol. The zero-order valence-electron chi connectivity index (χ0n) is 11.1. The number of hydrogen-bond donors (Lipinski definition) is 1. The van der Waals surface area contributed by atoms with Gasteiger partial charge in [0.2, 0.25) is 0 Å². The average Bonchev–Trinajstić information content (AvgIpc) is 3.01. The van der Waals surface area contributed by atoms with Gasteiger partial charge in [0.25, 0.3) is 5.91 Å². The van der Waals surface area contributed by atoms with Crippen LogP contribution in [0.25, 0.3) is 11.0 Å². The lowest BCUT2D eigenvalue weighted by atomic mass is 10.1. The standard InChI is InChI=1S/C15H11BrClNO2S/c1-8-11-6-9(17)2-4-12(11)20-14(8)15(19)18-7-10-3-5-13(16)21-10/h2-6H,7H2,1H3,(H,18,19). The van der Waals surface area contributed by atoms with E-state index in [9.17, 15) is 4.79 Å². The van der Waals surface area contributed by atoms with Gasteiger partial charge < -0.3 is 9.73 Å². The van der Waals surface area contributed by atoms with Gasteiger partial charge in [-0.3, -0.25) is 4.79 Å². The Morgan fingerprint density at radius 2 is 2.19 bits per heavy atom. The van der Waals surface area contributed by atoms with Gasteiger partial charge in [0, 0.05) is 20.8 Å². The highest BCUT2D eigenvalue weighted by Gasteiger charge is 2.17. The average molecular weight is 385 g/mol. The molecule has 21 heavy (non-hydrogen) atoms. The maximum Gasteiger partial charge on any atom is 0.287 e. The minimum atomic E-state index is -0.218. The Hall–Kier alpha value is -1.30. The molecule has 0 bridgehead atoms. The molecule has 0 saturated carbocycles. The smallest absolute Gasteiger partial charge is 0.287 e. The fourth-order valence-electron chi connectivity index (χ4n) is 2.10. The highest BCUT2D eigenvalue weighted by atomic mass is 79.9. The van der Waals surface area contributed by atoms with Crippen molar-refractivity contribution in [3.8, 4) is 0 Å². The Balaban J connectivity index is 1.82. The third kappa shape index (κ3) is 3.00. The lowest BCUT2D eigenvalue weighted by molar-refractivity contribution is 0.0925. The molecule has 1 N–H and O–H groups in total. The molecule has 0 unspecified atom stereocenters. The molecule has 6 heteroatoms. The van der Waals surface area contributed by atoms with E-state index in [-0.39, 0.29) is 5.91 Å². The maximum absolute atomic E-state index is 12.3. The predicted molar refractivity (Wildman–Crippen MR) is 89.2 cm³/mol. The normalized spacial score (nSPS) is 11.0. The molecule has 2 heterocycles. The third-order valence-electron chi connectivity index (χ3n) is 3.16. The highest BCUT2D eigenvalue weighted by molar-refractivity contribution is 9.11. The fourth-order valence-corrected chi connectivity index (χ4v) is 3.70. The minimum absolute atomic E-state index is 0.218. The number of carbonyl (C=O) groups excluding carboxylic acids is 1. The number of hydrogen-bond acceptors (Lipinski definition) is 3. The zero-order chi connectivity index (χ0) is 15.0. The number of rotatable bonds is 3. The molecular weight excluding hydrogens is 374 g/mol. The molecule has 2 aromatic heterocycles. The number of halogens is 2. The van der Waals surface area contributed by atoms with Crippen LogP contribution in [-0.4, -0.2) is 5.91 Å². The summed E-state index contributed by atoms with van der Waals surface area (Å²) in [5, 5.41) is 4.36. The second-order valence-corrected chi connectivity index (χ2v) is 7.57. The molecule has 3 rings (SSSR count). The molecule has 3 nitrogen and oxygen atoms in total. The number of nitrogens with one attached hydrogen (secondary N) is 1. The summed E-state index contributed by atoms with van der Waals surface area (Å²) in [6.45, 7) is 2.34. The van der Waals surface area contributed by atoms with E-state index < -0.39 is 0 Å². The van der Waals surface area contributed by atoms with E-state index in [0.717, 1.165) is 19.6 Å². The van der Waals surface area contributed by atoms with E-state index in [0.29, 0.717) is 22.9 Å². The van der Waals surface area contributed by atoms with Crippen molar-refractivity contribution in [2.75, 3.05) is 0 Å². The van der Waals surface area contributed by atoms with Crippen LogP contribution in [0.3, 0.4) is 0 Å². The van der Waals surface area contributed by atoms with Crippen molar-refractivity contribution in [1.82, 2.24) is 5.32 Å². The number of furan rings is 1. The molecule has 0 aliphatic rings. The van der Waals surface area contributed by atoms with Crippen molar-refractivity contribution in [3.05, 3.63) is 55.3 Å². The topological polar surface area (TPSA) is 42.2 Å².